The molecule has 0 spiro atoms. The molecule has 0 atom stereocenters. The smallest absolute Gasteiger partial charge is 0.239 e. The molecule has 1 heterocycles. The SMILES string of the molecule is CCCNC(=O)Cn1cccc1CNC. The van der Waals surface area contributed by atoms with Crippen LogP contribution >= 0.6 is 0 Å². The van der Waals surface area contributed by atoms with Crippen molar-refractivity contribution in [2.75, 3.05) is 13.6 Å². The monoisotopic (exact) mass is 209 g/mol. The first-order chi connectivity index (χ1) is 7.27. The number of nitrogens with zero attached hydrogens (tertiary/aromatic N) is 1. The van der Waals surface area contributed by atoms with Crippen LogP contribution in [0.15, 0.2) is 18.3 Å². The van der Waals surface area contributed by atoms with Crippen LogP contribution in [0.1, 0.15) is 19.0 Å². The number of nitrogens with one attached hydrogen (secondary N) is 2. The molecular formula is C11H19N3O. The average molecular weight is 209 g/mol. The molecule has 0 radical (unpaired) electrons. The van der Waals surface area contributed by atoms with Gasteiger partial charge in [-0.3, -0.25) is 4.79 Å². The van der Waals surface area contributed by atoms with Crippen LogP contribution in [0.4, 0.5) is 0 Å². The summed E-state index contributed by atoms with van der Waals surface area (Å²) in [6, 6.07) is 3.98. The number of hydrogen-bond donors (Lipinski definition) is 2. The summed E-state index contributed by atoms with van der Waals surface area (Å²) in [5, 5.41) is 5.93. The van der Waals surface area contributed by atoms with E-state index >= 15 is 0 Å². The molecule has 1 aromatic rings. The lowest BCUT2D eigenvalue weighted by atomic mass is 10.4. The molecule has 0 aliphatic carbocycles. The van der Waals surface area contributed by atoms with Gasteiger partial charge in [-0.15, -0.1) is 0 Å². The lowest BCUT2D eigenvalue weighted by molar-refractivity contribution is -0.121. The molecule has 0 aliphatic heterocycles. The number of rotatable bonds is 6. The fourth-order valence-electron chi connectivity index (χ4n) is 1.42. The molecular weight excluding hydrogens is 190 g/mol. The van der Waals surface area contributed by atoms with Crippen molar-refractivity contribution in [1.29, 1.82) is 0 Å². The summed E-state index contributed by atoms with van der Waals surface area (Å²) in [7, 11) is 1.90. The number of carbonyl (C=O) groups is 1. The van der Waals surface area contributed by atoms with Crippen molar-refractivity contribution in [3.63, 3.8) is 0 Å². The van der Waals surface area contributed by atoms with E-state index < -0.39 is 0 Å². The van der Waals surface area contributed by atoms with Gasteiger partial charge in [-0.2, -0.15) is 0 Å². The maximum absolute atomic E-state index is 11.5. The zero-order valence-corrected chi connectivity index (χ0v) is 9.42. The molecule has 0 aromatic carbocycles. The zero-order chi connectivity index (χ0) is 11.1. The van der Waals surface area contributed by atoms with Crippen molar-refractivity contribution in [2.45, 2.75) is 26.4 Å². The van der Waals surface area contributed by atoms with Crippen molar-refractivity contribution in [3.05, 3.63) is 24.0 Å². The van der Waals surface area contributed by atoms with Gasteiger partial charge in [0.25, 0.3) is 0 Å². The van der Waals surface area contributed by atoms with Gasteiger partial charge < -0.3 is 15.2 Å². The van der Waals surface area contributed by atoms with Gasteiger partial charge in [-0.25, -0.2) is 0 Å². The summed E-state index contributed by atoms with van der Waals surface area (Å²) >= 11 is 0. The molecule has 15 heavy (non-hydrogen) atoms. The van der Waals surface area contributed by atoms with Crippen LogP contribution in [0, 0.1) is 0 Å². The molecule has 2 N–H and O–H groups in total. The third-order valence-corrected chi connectivity index (χ3v) is 2.17. The van der Waals surface area contributed by atoms with Gasteiger partial charge in [0, 0.05) is 25.0 Å². The van der Waals surface area contributed by atoms with Crippen LogP contribution < -0.4 is 10.6 Å². The molecule has 0 saturated heterocycles. The predicted octanol–water partition coefficient (Wildman–Crippen LogP) is 0.734. The number of amides is 1. The third-order valence-electron chi connectivity index (χ3n) is 2.17. The van der Waals surface area contributed by atoms with Crippen molar-refractivity contribution < 1.29 is 4.79 Å². The van der Waals surface area contributed by atoms with E-state index in [0.717, 1.165) is 25.2 Å². The van der Waals surface area contributed by atoms with E-state index in [4.69, 9.17) is 0 Å². The highest BCUT2D eigenvalue weighted by Crippen LogP contribution is 2.01. The summed E-state index contributed by atoms with van der Waals surface area (Å²) in [5.41, 5.74) is 1.13. The third kappa shape index (κ3) is 3.75. The Morgan fingerprint density at radius 1 is 1.53 bits per heavy atom. The Bertz CT molecular complexity index is 307. The van der Waals surface area contributed by atoms with Crippen LogP contribution in [-0.2, 0) is 17.9 Å². The summed E-state index contributed by atoms with van der Waals surface area (Å²) in [6.07, 6.45) is 2.90. The van der Waals surface area contributed by atoms with Crippen LogP contribution in [0.3, 0.4) is 0 Å². The minimum atomic E-state index is 0.0744. The Morgan fingerprint density at radius 3 is 3.00 bits per heavy atom. The molecule has 0 bridgehead atoms. The molecule has 0 fully saturated rings. The van der Waals surface area contributed by atoms with Crippen molar-refractivity contribution in [2.24, 2.45) is 0 Å². The first-order valence-electron chi connectivity index (χ1n) is 5.33. The fraction of sp³-hybridized carbons (Fsp3) is 0.545. The second-order valence-corrected chi connectivity index (χ2v) is 3.51. The fourth-order valence-corrected chi connectivity index (χ4v) is 1.42. The van der Waals surface area contributed by atoms with Crippen LogP contribution in [-0.4, -0.2) is 24.1 Å². The maximum Gasteiger partial charge on any atom is 0.239 e. The lowest BCUT2D eigenvalue weighted by Crippen LogP contribution is -2.28. The van der Waals surface area contributed by atoms with E-state index in [0.29, 0.717) is 6.54 Å². The van der Waals surface area contributed by atoms with E-state index in [1.54, 1.807) is 0 Å². The quantitative estimate of drug-likeness (QED) is 0.725. The minimum Gasteiger partial charge on any atom is -0.355 e. The highest BCUT2D eigenvalue weighted by molar-refractivity contribution is 5.75. The molecule has 1 rings (SSSR count). The number of carbonyl (C=O) groups excluding carboxylic acids is 1. The average Bonchev–Trinajstić information content (AvgIpc) is 2.63. The predicted molar refractivity (Wildman–Crippen MR) is 60.5 cm³/mol. The van der Waals surface area contributed by atoms with Crippen LogP contribution in [0.25, 0.3) is 0 Å². The van der Waals surface area contributed by atoms with Gasteiger partial charge >= 0.3 is 0 Å². The largest absolute Gasteiger partial charge is 0.355 e. The minimum absolute atomic E-state index is 0.0744. The Kier molecular flexibility index (Phi) is 4.90. The van der Waals surface area contributed by atoms with Gasteiger partial charge in [-0.1, -0.05) is 6.92 Å². The summed E-state index contributed by atoms with van der Waals surface area (Å²) < 4.78 is 1.96. The van der Waals surface area contributed by atoms with Gasteiger partial charge in [0.15, 0.2) is 0 Å². The van der Waals surface area contributed by atoms with E-state index in [9.17, 15) is 4.79 Å². The van der Waals surface area contributed by atoms with E-state index in [1.807, 2.05) is 36.9 Å². The lowest BCUT2D eigenvalue weighted by Gasteiger charge is -2.08. The van der Waals surface area contributed by atoms with E-state index in [1.165, 1.54) is 0 Å². The highest BCUT2D eigenvalue weighted by atomic mass is 16.1. The Morgan fingerprint density at radius 2 is 2.33 bits per heavy atom. The molecule has 0 unspecified atom stereocenters. The Balaban J connectivity index is 2.48. The van der Waals surface area contributed by atoms with E-state index in [-0.39, 0.29) is 5.91 Å². The normalized spacial score (nSPS) is 10.3. The first-order valence-corrected chi connectivity index (χ1v) is 5.33. The Labute approximate surface area is 90.7 Å². The second-order valence-electron chi connectivity index (χ2n) is 3.51. The summed E-state index contributed by atoms with van der Waals surface area (Å²) in [5.74, 6) is 0.0744. The zero-order valence-electron chi connectivity index (χ0n) is 9.42. The Hall–Kier alpha value is -1.29. The topological polar surface area (TPSA) is 46.1 Å². The van der Waals surface area contributed by atoms with Crippen molar-refractivity contribution in [3.8, 4) is 0 Å². The van der Waals surface area contributed by atoms with Crippen molar-refractivity contribution in [1.82, 2.24) is 15.2 Å². The van der Waals surface area contributed by atoms with Gasteiger partial charge in [0.1, 0.15) is 6.54 Å². The molecule has 4 nitrogen and oxygen atoms in total. The van der Waals surface area contributed by atoms with Crippen LogP contribution in [0.5, 0.6) is 0 Å². The number of aromatic nitrogens is 1. The van der Waals surface area contributed by atoms with Gasteiger partial charge in [0.05, 0.1) is 0 Å². The highest BCUT2D eigenvalue weighted by Gasteiger charge is 2.04. The summed E-state index contributed by atoms with van der Waals surface area (Å²) in [6.45, 7) is 3.99. The van der Waals surface area contributed by atoms with Gasteiger partial charge in [0.2, 0.25) is 5.91 Å². The summed E-state index contributed by atoms with van der Waals surface area (Å²) in [4.78, 5) is 11.5. The molecule has 1 amide bonds. The van der Waals surface area contributed by atoms with Crippen molar-refractivity contribution >= 4 is 5.91 Å². The molecule has 4 heteroatoms. The van der Waals surface area contributed by atoms with Gasteiger partial charge in [-0.05, 0) is 25.6 Å². The molecule has 0 aliphatic rings. The second kappa shape index (κ2) is 6.24. The van der Waals surface area contributed by atoms with Crippen LogP contribution in [0.2, 0.25) is 0 Å². The molecule has 0 saturated carbocycles. The van der Waals surface area contributed by atoms with E-state index in [2.05, 4.69) is 10.6 Å². The molecule has 1 aromatic heterocycles. The number of hydrogen-bond acceptors (Lipinski definition) is 2. The maximum atomic E-state index is 11.5. The standard InChI is InChI=1S/C11H19N3O/c1-3-6-13-11(15)9-14-7-4-5-10(14)8-12-2/h4-5,7,12H,3,6,8-9H2,1-2H3,(H,13,15). The first kappa shape index (κ1) is 11.8. The molecule has 84 valence electrons.